The number of fused-ring (bicyclic) bond motifs is 1. The van der Waals surface area contributed by atoms with Crippen LogP contribution in [0.2, 0.25) is 0 Å². The summed E-state index contributed by atoms with van der Waals surface area (Å²) in [7, 11) is 1.32. The fourth-order valence-corrected chi connectivity index (χ4v) is 1.91. The summed E-state index contributed by atoms with van der Waals surface area (Å²) in [4.78, 5) is 38.5. The molecule has 1 atom stereocenters. The van der Waals surface area contributed by atoms with Crippen LogP contribution in [0.4, 0.5) is 0 Å². The zero-order chi connectivity index (χ0) is 14.7. The van der Waals surface area contributed by atoms with Gasteiger partial charge in [-0.15, -0.1) is 0 Å². The summed E-state index contributed by atoms with van der Waals surface area (Å²) in [5.41, 5.74) is 6.38. The number of carbonyl (C=O) groups is 1. The average Bonchev–Trinajstić information content (AvgIpc) is 2.45. The highest BCUT2D eigenvalue weighted by Crippen LogP contribution is 2.19. The second-order valence-corrected chi connectivity index (χ2v) is 4.43. The maximum absolute atomic E-state index is 11.3. The summed E-state index contributed by atoms with van der Waals surface area (Å²) in [6, 6.07) is 4.75. The van der Waals surface area contributed by atoms with E-state index in [9.17, 15) is 14.4 Å². The number of ether oxygens (including phenoxy) is 1. The molecule has 4 N–H and O–H groups in total. The number of benzene rings is 1. The van der Waals surface area contributed by atoms with Crippen LogP contribution in [0, 0.1) is 0 Å². The Morgan fingerprint density at radius 3 is 2.55 bits per heavy atom. The molecule has 1 unspecified atom stereocenters. The van der Waals surface area contributed by atoms with Gasteiger partial charge >= 0.3 is 17.1 Å². The molecule has 20 heavy (non-hydrogen) atoms. The van der Waals surface area contributed by atoms with Gasteiger partial charge in [0.25, 0.3) is 0 Å². The Hall–Kier alpha value is -2.41. The number of hydrogen-bond acceptors (Lipinski definition) is 5. The Morgan fingerprint density at radius 2 is 1.90 bits per heavy atom. The highest BCUT2D eigenvalue weighted by atomic mass is 16.5. The lowest BCUT2D eigenvalue weighted by Crippen LogP contribution is -2.29. The molecule has 0 saturated heterocycles. The molecule has 0 radical (unpaired) electrons. The number of hydrogen-bond donors (Lipinski definition) is 3. The third kappa shape index (κ3) is 2.94. The van der Waals surface area contributed by atoms with Crippen molar-refractivity contribution in [3.8, 4) is 0 Å². The van der Waals surface area contributed by atoms with E-state index in [2.05, 4.69) is 14.7 Å². The van der Waals surface area contributed by atoms with Gasteiger partial charge in [0.05, 0.1) is 18.1 Å². The van der Waals surface area contributed by atoms with E-state index in [0.29, 0.717) is 17.5 Å². The van der Waals surface area contributed by atoms with Crippen molar-refractivity contribution in [3.63, 3.8) is 0 Å². The van der Waals surface area contributed by atoms with Crippen LogP contribution in [0.25, 0.3) is 11.0 Å². The Bertz CT molecular complexity index is 747. The summed E-state index contributed by atoms with van der Waals surface area (Å²) >= 11 is 0. The molecular weight excluding hydrogens is 262 g/mol. The molecule has 7 heteroatoms. The maximum Gasteiger partial charge on any atom is 0.314 e. The van der Waals surface area contributed by atoms with Crippen LogP contribution < -0.4 is 16.9 Å². The number of nitrogens with two attached hydrogens (primary N) is 1. The lowest BCUT2D eigenvalue weighted by Gasteiger charge is -2.11. The number of aromatic nitrogens is 2. The molecule has 2 aromatic rings. The average molecular weight is 277 g/mol. The molecule has 1 aromatic carbocycles. The van der Waals surface area contributed by atoms with Crippen LogP contribution in [0.5, 0.6) is 0 Å². The van der Waals surface area contributed by atoms with Gasteiger partial charge in [0, 0.05) is 12.5 Å². The van der Waals surface area contributed by atoms with E-state index in [1.807, 2.05) is 0 Å². The number of methoxy groups -OCH3 is 1. The van der Waals surface area contributed by atoms with Gasteiger partial charge in [-0.1, -0.05) is 6.07 Å². The molecule has 0 aliphatic heterocycles. The second-order valence-electron chi connectivity index (χ2n) is 4.43. The zero-order valence-corrected chi connectivity index (χ0v) is 10.9. The monoisotopic (exact) mass is 277 g/mol. The first kappa shape index (κ1) is 14.0. The van der Waals surface area contributed by atoms with E-state index in [0.717, 1.165) is 5.56 Å². The summed E-state index contributed by atoms with van der Waals surface area (Å²) in [6.07, 6.45) is 0.656. The van der Waals surface area contributed by atoms with Crippen LogP contribution >= 0.6 is 0 Å². The predicted octanol–water partition coefficient (Wildman–Crippen LogP) is 0.169. The van der Waals surface area contributed by atoms with Gasteiger partial charge in [-0.2, -0.15) is 0 Å². The first-order valence-corrected chi connectivity index (χ1v) is 6.10. The number of H-pyrrole nitrogens is 2. The van der Waals surface area contributed by atoms with Gasteiger partial charge in [-0.05, 0) is 24.1 Å². The zero-order valence-electron chi connectivity index (χ0n) is 10.9. The molecule has 1 heterocycles. The van der Waals surface area contributed by atoms with Gasteiger partial charge in [-0.3, -0.25) is 14.4 Å². The fraction of sp³-hybridized carbons (Fsp3) is 0.308. The molecule has 0 amide bonds. The smallest absolute Gasteiger partial charge is 0.314 e. The number of esters is 1. The quantitative estimate of drug-likeness (QED) is 0.544. The summed E-state index contributed by atoms with van der Waals surface area (Å²) in [6.45, 7) is 0. The molecule has 2 rings (SSSR count). The van der Waals surface area contributed by atoms with E-state index in [-0.39, 0.29) is 18.4 Å². The SMILES string of the molecule is COC(=O)CCC(N)c1ccc2[nH]c(=O)c(=O)[nH]c2c1. The van der Waals surface area contributed by atoms with E-state index in [4.69, 9.17) is 5.73 Å². The van der Waals surface area contributed by atoms with Crippen LogP contribution in [-0.2, 0) is 9.53 Å². The normalized spacial score (nSPS) is 12.3. The molecule has 106 valence electrons. The third-order valence-corrected chi connectivity index (χ3v) is 3.06. The van der Waals surface area contributed by atoms with Crippen molar-refractivity contribution in [3.05, 3.63) is 44.5 Å². The van der Waals surface area contributed by atoms with Crippen molar-refractivity contribution < 1.29 is 9.53 Å². The molecule has 1 aromatic heterocycles. The minimum absolute atomic E-state index is 0.220. The molecule has 0 aliphatic rings. The van der Waals surface area contributed by atoms with Crippen LogP contribution in [0.3, 0.4) is 0 Å². The Morgan fingerprint density at radius 1 is 1.25 bits per heavy atom. The van der Waals surface area contributed by atoms with Crippen LogP contribution in [-0.4, -0.2) is 23.0 Å². The van der Waals surface area contributed by atoms with Crippen LogP contribution in [0.1, 0.15) is 24.4 Å². The molecule has 0 fully saturated rings. The van der Waals surface area contributed by atoms with E-state index in [1.165, 1.54) is 7.11 Å². The molecule has 0 spiro atoms. The van der Waals surface area contributed by atoms with Gasteiger partial charge < -0.3 is 20.4 Å². The number of carbonyl (C=O) groups excluding carboxylic acids is 1. The lowest BCUT2D eigenvalue weighted by molar-refractivity contribution is -0.140. The van der Waals surface area contributed by atoms with Crippen LogP contribution in [0.15, 0.2) is 27.8 Å². The second kappa shape index (κ2) is 5.70. The molecular formula is C13H15N3O4. The largest absolute Gasteiger partial charge is 0.469 e. The summed E-state index contributed by atoms with van der Waals surface area (Å²) in [5, 5.41) is 0. The van der Waals surface area contributed by atoms with Crippen molar-refractivity contribution >= 4 is 17.0 Å². The highest BCUT2D eigenvalue weighted by Gasteiger charge is 2.10. The van der Waals surface area contributed by atoms with Crippen molar-refractivity contribution in [2.45, 2.75) is 18.9 Å². The van der Waals surface area contributed by atoms with E-state index < -0.39 is 11.1 Å². The maximum atomic E-state index is 11.3. The standard InChI is InChI=1S/C13H15N3O4/c1-20-11(17)5-3-8(14)7-2-4-9-10(6-7)16-13(19)12(18)15-9/h2,4,6,8H,3,5,14H2,1H3,(H,15,18)(H,16,19). The highest BCUT2D eigenvalue weighted by molar-refractivity contribution is 5.74. The fourth-order valence-electron chi connectivity index (χ4n) is 1.91. The Kier molecular flexibility index (Phi) is 3.99. The molecule has 0 bridgehead atoms. The van der Waals surface area contributed by atoms with Gasteiger partial charge in [0.15, 0.2) is 0 Å². The summed E-state index contributed by atoms with van der Waals surface area (Å²) < 4.78 is 4.55. The number of rotatable bonds is 4. The van der Waals surface area contributed by atoms with Crippen molar-refractivity contribution in [2.24, 2.45) is 5.73 Å². The number of nitrogens with one attached hydrogen (secondary N) is 2. The first-order valence-electron chi connectivity index (χ1n) is 6.10. The first-order chi connectivity index (χ1) is 9.51. The van der Waals surface area contributed by atoms with Crippen molar-refractivity contribution in [1.82, 2.24) is 9.97 Å². The Balaban J connectivity index is 2.27. The lowest BCUT2D eigenvalue weighted by atomic mass is 10.0. The molecule has 0 aliphatic carbocycles. The van der Waals surface area contributed by atoms with E-state index >= 15 is 0 Å². The molecule has 0 saturated carbocycles. The summed E-state index contributed by atoms with van der Waals surface area (Å²) in [5.74, 6) is -0.320. The number of aromatic amines is 2. The van der Waals surface area contributed by atoms with E-state index in [1.54, 1.807) is 18.2 Å². The molecule has 7 nitrogen and oxygen atoms in total. The Labute approximate surface area is 113 Å². The van der Waals surface area contributed by atoms with Gasteiger partial charge in [0.2, 0.25) is 0 Å². The van der Waals surface area contributed by atoms with Crippen molar-refractivity contribution in [1.29, 1.82) is 0 Å². The minimum atomic E-state index is -0.710. The predicted molar refractivity (Wildman–Crippen MR) is 73.4 cm³/mol. The van der Waals surface area contributed by atoms with Gasteiger partial charge in [0.1, 0.15) is 0 Å². The van der Waals surface area contributed by atoms with Gasteiger partial charge in [-0.25, -0.2) is 0 Å². The van der Waals surface area contributed by atoms with Crippen molar-refractivity contribution in [2.75, 3.05) is 7.11 Å². The third-order valence-electron chi connectivity index (χ3n) is 3.06. The topological polar surface area (TPSA) is 118 Å². The minimum Gasteiger partial charge on any atom is -0.469 e.